The first-order chi connectivity index (χ1) is 13.7. The third kappa shape index (κ3) is 4.86. The molecule has 0 bridgehead atoms. The Morgan fingerprint density at radius 3 is 2.48 bits per heavy atom. The van der Waals surface area contributed by atoms with Gasteiger partial charge in [0.2, 0.25) is 0 Å². The Morgan fingerprint density at radius 2 is 1.90 bits per heavy atom. The molecule has 0 atom stereocenters. The molecule has 0 spiro atoms. The summed E-state index contributed by atoms with van der Waals surface area (Å²) in [6.07, 6.45) is 0.283. The van der Waals surface area contributed by atoms with Crippen LogP contribution in [-0.2, 0) is 23.5 Å². The van der Waals surface area contributed by atoms with Crippen LogP contribution in [0.4, 0.5) is 14.5 Å². The molecule has 0 aliphatic rings. The fourth-order valence-corrected chi connectivity index (χ4v) is 4.73. The lowest BCUT2D eigenvalue weighted by Gasteiger charge is -2.14. The average Bonchev–Trinajstić information content (AvgIpc) is 2.90. The predicted molar refractivity (Wildman–Crippen MR) is 106 cm³/mol. The molecule has 0 amide bonds. The highest BCUT2D eigenvalue weighted by Crippen LogP contribution is 2.30. The van der Waals surface area contributed by atoms with E-state index < -0.39 is 16.6 Å². The van der Waals surface area contributed by atoms with Crippen molar-refractivity contribution in [2.75, 3.05) is 4.72 Å². The van der Waals surface area contributed by atoms with Gasteiger partial charge in [-0.1, -0.05) is 41.9 Å². The zero-order valence-corrected chi connectivity index (χ0v) is 17.1. The summed E-state index contributed by atoms with van der Waals surface area (Å²) in [6, 6.07) is 13.3. The number of alkyl halides is 2. The van der Waals surface area contributed by atoms with Crippen molar-refractivity contribution in [3.05, 3.63) is 70.5 Å². The van der Waals surface area contributed by atoms with Crippen LogP contribution in [0, 0.1) is 6.92 Å². The van der Waals surface area contributed by atoms with Gasteiger partial charge in [-0.2, -0.15) is 13.9 Å². The van der Waals surface area contributed by atoms with Gasteiger partial charge >= 0.3 is 6.61 Å². The molecular formula is C19H18ClF2N3O3S. The van der Waals surface area contributed by atoms with Gasteiger partial charge in [0.25, 0.3) is 10.0 Å². The Bertz CT molecular complexity index is 1120. The number of anilines is 1. The summed E-state index contributed by atoms with van der Waals surface area (Å²) < 4.78 is 59.4. The standard InChI is InChI=1S/C19H18ClF2N3O3S/c1-12-17(18(20)25(2)23-12)29(26,27)24-15-8-9-16(28-19(21)22)14(11-15)10-13-6-4-3-5-7-13/h3-9,11,19,24H,10H2,1-2H3. The van der Waals surface area contributed by atoms with E-state index in [-0.39, 0.29) is 33.6 Å². The normalized spacial score (nSPS) is 11.7. The van der Waals surface area contributed by atoms with E-state index in [9.17, 15) is 17.2 Å². The van der Waals surface area contributed by atoms with E-state index in [0.717, 1.165) is 5.56 Å². The molecule has 3 rings (SSSR count). The van der Waals surface area contributed by atoms with Gasteiger partial charge in [-0.05, 0) is 30.7 Å². The fourth-order valence-electron chi connectivity index (χ4n) is 2.93. The Morgan fingerprint density at radius 1 is 1.21 bits per heavy atom. The van der Waals surface area contributed by atoms with E-state index in [1.165, 1.54) is 36.9 Å². The van der Waals surface area contributed by atoms with Gasteiger partial charge in [0, 0.05) is 24.7 Å². The van der Waals surface area contributed by atoms with Crippen LogP contribution in [-0.4, -0.2) is 24.8 Å². The summed E-state index contributed by atoms with van der Waals surface area (Å²) in [5.74, 6) is -0.0256. The van der Waals surface area contributed by atoms with Crippen LogP contribution in [0.25, 0.3) is 0 Å². The van der Waals surface area contributed by atoms with Crippen molar-refractivity contribution in [3.8, 4) is 5.75 Å². The number of rotatable bonds is 7. The van der Waals surface area contributed by atoms with Crippen LogP contribution >= 0.6 is 11.6 Å². The molecule has 29 heavy (non-hydrogen) atoms. The molecule has 0 unspecified atom stereocenters. The molecule has 1 heterocycles. The molecule has 2 aromatic carbocycles. The molecule has 1 aromatic heterocycles. The number of ether oxygens (including phenoxy) is 1. The first-order valence-electron chi connectivity index (χ1n) is 8.51. The number of nitrogens with zero attached hydrogens (tertiary/aromatic N) is 2. The summed E-state index contributed by atoms with van der Waals surface area (Å²) in [6.45, 7) is -1.47. The zero-order chi connectivity index (χ0) is 21.2. The van der Waals surface area contributed by atoms with Gasteiger partial charge in [-0.25, -0.2) is 8.42 Å². The Hall–Kier alpha value is -2.65. The van der Waals surface area contributed by atoms with Crippen LogP contribution in [0.15, 0.2) is 53.4 Å². The number of halogens is 3. The minimum atomic E-state index is -4.03. The zero-order valence-electron chi connectivity index (χ0n) is 15.6. The Balaban J connectivity index is 1.96. The summed E-state index contributed by atoms with van der Waals surface area (Å²) in [5.41, 5.74) is 1.70. The summed E-state index contributed by atoms with van der Waals surface area (Å²) in [4.78, 5) is -0.140. The number of aryl methyl sites for hydroxylation is 2. The molecule has 10 heteroatoms. The van der Waals surface area contributed by atoms with E-state index in [1.807, 2.05) is 30.3 Å². The highest BCUT2D eigenvalue weighted by Gasteiger charge is 2.25. The van der Waals surface area contributed by atoms with Gasteiger partial charge in [0.1, 0.15) is 15.8 Å². The summed E-state index contributed by atoms with van der Waals surface area (Å²) in [5, 5.41) is 3.97. The number of aromatic nitrogens is 2. The molecule has 0 aliphatic heterocycles. The third-order valence-electron chi connectivity index (χ3n) is 4.13. The minimum Gasteiger partial charge on any atom is -0.435 e. The second-order valence-electron chi connectivity index (χ2n) is 6.30. The quantitative estimate of drug-likeness (QED) is 0.590. The highest BCUT2D eigenvalue weighted by atomic mass is 35.5. The lowest BCUT2D eigenvalue weighted by atomic mass is 10.0. The van der Waals surface area contributed by atoms with Gasteiger partial charge < -0.3 is 4.74 Å². The summed E-state index contributed by atoms with van der Waals surface area (Å²) in [7, 11) is -2.50. The van der Waals surface area contributed by atoms with E-state index >= 15 is 0 Å². The lowest BCUT2D eigenvalue weighted by Crippen LogP contribution is -2.14. The molecule has 6 nitrogen and oxygen atoms in total. The number of nitrogens with one attached hydrogen (secondary N) is 1. The third-order valence-corrected chi connectivity index (χ3v) is 6.21. The minimum absolute atomic E-state index is 0.0256. The summed E-state index contributed by atoms with van der Waals surface area (Å²) >= 11 is 6.06. The van der Waals surface area contributed by atoms with Crippen molar-refractivity contribution in [1.29, 1.82) is 0 Å². The van der Waals surface area contributed by atoms with Crippen molar-refractivity contribution in [2.24, 2.45) is 7.05 Å². The number of hydrogen-bond acceptors (Lipinski definition) is 4. The Kier molecular flexibility index (Phi) is 6.09. The molecule has 0 radical (unpaired) electrons. The monoisotopic (exact) mass is 441 g/mol. The SMILES string of the molecule is Cc1nn(C)c(Cl)c1S(=O)(=O)Nc1ccc(OC(F)F)c(Cc2ccccc2)c1. The van der Waals surface area contributed by atoms with Crippen molar-refractivity contribution >= 4 is 27.3 Å². The van der Waals surface area contributed by atoms with Gasteiger partial charge in [0.15, 0.2) is 0 Å². The van der Waals surface area contributed by atoms with E-state index in [1.54, 1.807) is 0 Å². The largest absolute Gasteiger partial charge is 0.435 e. The second kappa shape index (κ2) is 8.38. The van der Waals surface area contributed by atoms with E-state index in [0.29, 0.717) is 5.56 Å². The maximum atomic E-state index is 12.8. The second-order valence-corrected chi connectivity index (χ2v) is 8.28. The molecule has 3 aromatic rings. The predicted octanol–water partition coefficient (Wildman–Crippen LogP) is 4.37. The number of sulfonamides is 1. The van der Waals surface area contributed by atoms with Crippen molar-refractivity contribution in [2.45, 2.75) is 24.9 Å². The van der Waals surface area contributed by atoms with Crippen LogP contribution in [0.3, 0.4) is 0 Å². The van der Waals surface area contributed by atoms with Crippen LogP contribution in [0.1, 0.15) is 16.8 Å². The molecule has 1 N–H and O–H groups in total. The number of hydrogen-bond donors (Lipinski definition) is 1. The van der Waals surface area contributed by atoms with E-state index in [4.69, 9.17) is 11.6 Å². The smallest absolute Gasteiger partial charge is 0.387 e. The van der Waals surface area contributed by atoms with Crippen molar-refractivity contribution in [1.82, 2.24) is 9.78 Å². The van der Waals surface area contributed by atoms with Crippen molar-refractivity contribution in [3.63, 3.8) is 0 Å². The molecule has 154 valence electrons. The fraction of sp³-hybridized carbons (Fsp3) is 0.211. The first kappa shape index (κ1) is 21.1. The molecular weight excluding hydrogens is 424 g/mol. The maximum absolute atomic E-state index is 12.8. The number of benzene rings is 2. The molecule has 0 fully saturated rings. The van der Waals surface area contributed by atoms with Gasteiger partial charge in [-0.15, -0.1) is 0 Å². The maximum Gasteiger partial charge on any atom is 0.387 e. The lowest BCUT2D eigenvalue weighted by molar-refractivity contribution is -0.0503. The molecule has 0 saturated heterocycles. The first-order valence-corrected chi connectivity index (χ1v) is 10.4. The van der Waals surface area contributed by atoms with Gasteiger partial charge in [0.05, 0.1) is 5.69 Å². The van der Waals surface area contributed by atoms with Gasteiger partial charge in [-0.3, -0.25) is 9.40 Å². The van der Waals surface area contributed by atoms with Crippen molar-refractivity contribution < 1.29 is 21.9 Å². The average molecular weight is 442 g/mol. The molecule has 0 saturated carbocycles. The van der Waals surface area contributed by atoms with E-state index in [2.05, 4.69) is 14.6 Å². The Labute approximate surface area is 172 Å². The van der Waals surface area contributed by atoms with Crippen LogP contribution < -0.4 is 9.46 Å². The van der Waals surface area contributed by atoms with Crippen LogP contribution in [0.5, 0.6) is 5.75 Å². The highest BCUT2D eigenvalue weighted by molar-refractivity contribution is 7.92. The van der Waals surface area contributed by atoms with Crippen LogP contribution in [0.2, 0.25) is 5.15 Å². The molecule has 0 aliphatic carbocycles. The topological polar surface area (TPSA) is 73.2 Å².